The molecule has 0 radical (unpaired) electrons. The van der Waals surface area contributed by atoms with Crippen LogP contribution in [-0.4, -0.2) is 18.9 Å². The van der Waals surface area contributed by atoms with E-state index in [4.69, 9.17) is 0 Å². The van der Waals surface area contributed by atoms with E-state index < -0.39 is 0 Å². The number of hydrogen-bond donors (Lipinski definition) is 0. The van der Waals surface area contributed by atoms with Gasteiger partial charge in [-0.15, -0.1) is 0 Å². The van der Waals surface area contributed by atoms with Crippen molar-refractivity contribution >= 4 is 27.4 Å². The predicted octanol–water partition coefficient (Wildman–Crippen LogP) is 4.47. The van der Waals surface area contributed by atoms with Gasteiger partial charge in [-0.1, -0.05) is 45.8 Å². The highest BCUT2D eigenvalue weighted by molar-refractivity contribution is 9.10. The lowest BCUT2D eigenvalue weighted by atomic mass is 10.1. The monoisotopic (exact) mass is 331 g/mol. The smallest absolute Gasteiger partial charge is 0.182 e. The number of carbonyl (C=O) groups excluding carboxylic acids is 1. The van der Waals surface area contributed by atoms with Gasteiger partial charge in [-0.3, -0.25) is 4.79 Å². The van der Waals surface area contributed by atoms with E-state index in [1.165, 1.54) is 5.56 Å². The van der Waals surface area contributed by atoms with Gasteiger partial charge in [-0.25, -0.2) is 0 Å². The summed E-state index contributed by atoms with van der Waals surface area (Å²) < 4.78 is 0.932. The van der Waals surface area contributed by atoms with Gasteiger partial charge in [0, 0.05) is 22.3 Å². The second kappa shape index (κ2) is 6.71. The number of rotatable bonds is 5. The third kappa shape index (κ3) is 3.70. The summed E-state index contributed by atoms with van der Waals surface area (Å²) in [6.07, 6.45) is 0. The zero-order chi connectivity index (χ0) is 14.5. The standard InChI is InChI=1S/C17H18BrNO/c1-3-19(16-9-7-13(2)8-10-16)12-17(20)14-5-4-6-15(18)11-14/h4-11H,3,12H2,1-2H3. The van der Waals surface area contributed by atoms with Crippen LogP contribution in [-0.2, 0) is 0 Å². The molecule has 104 valence electrons. The summed E-state index contributed by atoms with van der Waals surface area (Å²) in [5.41, 5.74) is 3.05. The van der Waals surface area contributed by atoms with Crippen LogP contribution in [0.1, 0.15) is 22.8 Å². The van der Waals surface area contributed by atoms with Gasteiger partial charge in [0.05, 0.1) is 6.54 Å². The molecule has 0 saturated heterocycles. The molecule has 0 aliphatic heterocycles. The van der Waals surface area contributed by atoms with Crippen molar-refractivity contribution in [1.29, 1.82) is 0 Å². The van der Waals surface area contributed by atoms with E-state index in [0.717, 1.165) is 22.3 Å². The third-order valence-electron chi connectivity index (χ3n) is 3.26. The minimum absolute atomic E-state index is 0.133. The van der Waals surface area contributed by atoms with E-state index in [-0.39, 0.29) is 5.78 Å². The first-order valence-electron chi connectivity index (χ1n) is 6.70. The first-order chi connectivity index (χ1) is 9.60. The Hall–Kier alpha value is -1.61. The Kier molecular flexibility index (Phi) is 4.96. The van der Waals surface area contributed by atoms with Gasteiger partial charge in [0.1, 0.15) is 0 Å². The molecule has 0 aromatic heterocycles. The molecule has 0 amide bonds. The zero-order valence-corrected chi connectivity index (χ0v) is 13.4. The molecule has 0 unspecified atom stereocenters. The van der Waals surface area contributed by atoms with E-state index in [9.17, 15) is 4.79 Å². The van der Waals surface area contributed by atoms with Crippen LogP contribution in [0.5, 0.6) is 0 Å². The van der Waals surface area contributed by atoms with E-state index in [0.29, 0.717) is 6.54 Å². The minimum Gasteiger partial charge on any atom is -0.364 e. The summed E-state index contributed by atoms with van der Waals surface area (Å²) in [5, 5.41) is 0. The van der Waals surface area contributed by atoms with Gasteiger partial charge in [-0.2, -0.15) is 0 Å². The molecule has 0 aliphatic carbocycles. The lowest BCUT2D eigenvalue weighted by Gasteiger charge is -2.22. The minimum atomic E-state index is 0.133. The molecule has 0 atom stereocenters. The van der Waals surface area contributed by atoms with Crippen LogP contribution in [0.4, 0.5) is 5.69 Å². The molecule has 0 aliphatic rings. The Morgan fingerprint density at radius 2 is 1.85 bits per heavy atom. The van der Waals surface area contributed by atoms with E-state index in [1.54, 1.807) is 0 Å². The summed E-state index contributed by atoms with van der Waals surface area (Å²) >= 11 is 3.40. The Morgan fingerprint density at radius 1 is 1.15 bits per heavy atom. The lowest BCUT2D eigenvalue weighted by molar-refractivity contribution is 0.0999. The predicted molar refractivity (Wildman–Crippen MR) is 87.5 cm³/mol. The second-order valence-electron chi connectivity index (χ2n) is 4.78. The van der Waals surface area contributed by atoms with Crippen LogP contribution < -0.4 is 4.90 Å². The quantitative estimate of drug-likeness (QED) is 0.753. The van der Waals surface area contributed by atoms with Crippen molar-refractivity contribution in [3.8, 4) is 0 Å². The molecule has 0 N–H and O–H groups in total. The van der Waals surface area contributed by atoms with Crippen LogP contribution in [0.25, 0.3) is 0 Å². The molecule has 0 bridgehead atoms. The first kappa shape index (κ1) is 14.8. The largest absolute Gasteiger partial charge is 0.364 e. The molecule has 0 fully saturated rings. The van der Waals surface area contributed by atoms with Crippen molar-refractivity contribution in [2.24, 2.45) is 0 Å². The number of aryl methyl sites for hydroxylation is 1. The Morgan fingerprint density at radius 3 is 2.45 bits per heavy atom. The van der Waals surface area contributed by atoms with E-state index in [1.807, 2.05) is 24.3 Å². The van der Waals surface area contributed by atoms with Crippen molar-refractivity contribution in [3.63, 3.8) is 0 Å². The Balaban J connectivity index is 2.14. The molecule has 2 aromatic rings. The maximum absolute atomic E-state index is 12.3. The molecular weight excluding hydrogens is 314 g/mol. The topological polar surface area (TPSA) is 20.3 Å². The highest BCUT2D eigenvalue weighted by Gasteiger charge is 2.12. The van der Waals surface area contributed by atoms with Crippen molar-refractivity contribution in [2.45, 2.75) is 13.8 Å². The number of ketones is 1. The van der Waals surface area contributed by atoms with Crippen LogP contribution in [0.2, 0.25) is 0 Å². The van der Waals surface area contributed by atoms with Crippen LogP contribution >= 0.6 is 15.9 Å². The maximum Gasteiger partial charge on any atom is 0.182 e. The van der Waals surface area contributed by atoms with Crippen LogP contribution in [0.3, 0.4) is 0 Å². The number of anilines is 1. The number of carbonyl (C=O) groups is 1. The van der Waals surface area contributed by atoms with Crippen molar-refractivity contribution < 1.29 is 4.79 Å². The molecule has 3 heteroatoms. The molecular formula is C17H18BrNO. The van der Waals surface area contributed by atoms with Crippen molar-refractivity contribution in [2.75, 3.05) is 18.0 Å². The number of halogens is 1. The van der Waals surface area contributed by atoms with E-state index >= 15 is 0 Å². The molecule has 0 saturated carbocycles. The molecule has 0 spiro atoms. The Bertz CT molecular complexity index is 592. The van der Waals surface area contributed by atoms with Gasteiger partial charge >= 0.3 is 0 Å². The molecule has 2 aromatic carbocycles. The second-order valence-corrected chi connectivity index (χ2v) is 5.70. The van der Waals surface area contributed by atoms with Crippen molar-refractivity contribution in [1.82, 2.24) is 0 Å². The van der Waals surface area contributed by atoms with Crippen LogP contribution in [0, 0.1) is 6.92 Å². The summed E-state index contributed by atoms with van der Waals surface area (Å²) in [6.45, 7) is 5.33. The van der Waals surface area contributed by atoms with E-state index in [2.05, 4.69) is 58.9 Å². The SMILES string of the molecule is CCN(CC(=O)c1cccc(Br)c1)c1ccc(C)cc1. The summed E-state index contributed by atoms with van der Waals surface area (Å²) in [5.74, 6) is 0.133. The van der Waals surface area contributed by atoms with Crippen LogP contribution in [0.15, 0.2) is 53.0 Å². The third-order valence-corrected chi connectivity index (χ3v) is 3.76. The van der Waals surface area contributed by atoms with Gasteiger partial charge < -0.3 is 4.90 Å². The van der Waals surface area contributed by atoms with Gasteiger partial charge in [0.25, 0.3) is 0 Å². The average molecular weight is 332 g/mol. The number of nitrogens with zero attached hydrogens (tertiary/aromatic N) is 1. The fraction of sp³-hybridized carbons (Fsp3) is 0.235. The van der Waals surface area contributed by atoms with Gasteiger partial charge in [-0.05, 0) is 38.1 Å². The molecule has 2 rings (SSSR count). The lowest BCUT2D eigenvalue weighted by Crippen LogP contribution is -2.29. The molecule has 0 heterocycles. The first-order valence-corrected chi connectivity index (χ1v) is 7.50. The number of hydrogen-bond acceptors (Lipinski definition) is 2. The number of Topliss-reactive ketones (excluding diaryl/α,β-unsaturated/α-hetero) is 1. The summed E-state index contributed by atoms with van der Waals surface area (Å²) in [6, 6.07) is 15.8. The fourth-order valence-electron chi connectivity index (χ4n) is 2.07. The number of likely N-dealkylation sites (N-methyl/N-ethyl adjacent to an activating group) is 1. The maximum atomic E-state index is 12.3. The normalized spacial score (nSPS) is 10.3. The van der Waals surface area contributed by atoms with Gasteiger partial charge in [0.2, 0.25) is 0 Å². The number of benzene rings is 2. The molecule has 20 heavy (non-hydrogen) atoms. The molecule has 2 nitrogen and oxygen atoms in total. The highest BCUT2D eigenvalue weighted by Crippen LogP contribution is 2.17. The summed E-state index contributed by atoms with van der Waals surface area (Å²) in [7, 11) is 0. The highest BCUT2D eigenvalue weighted by atomic mass is 79.9. The van der Waals surface area contributed by atoms with Crippen molar-refractivity contribution in [3.05, 3.63) is 64.1 Å². The Labute approximate surface area is 128 Å². The fourth-order valence-corrected chi connectivity index (χ4v) is 2.47. The average Bonchev–Trinajstić information content (AvgIpc) is 2.45. The van der Waals surface area contributed by atoms with Gasteiger partial charge in [0.15, 0.2) is 5.78 Å². The zero-order valence-electron chi connectivity index (χ0n) is 11.8. The summed E-state index contributed by atoms with van der Waals surface area (Å²) in [4.78, 5) is 14.4.